The van der Waals surface area contributed by atoms with Crippen LogP contribution in [0.4, 0.5) is 4.79 Å². The van der Waals surface area contributed by atoms with E-state index in [9.17, 15) is 19.2 Å². The fraction of sp³-hybridized carbons (Fsp3) is 0.481. The number of hydrogen-bond donors (Lipinski definition) is 2. The molecule has 9 heteroatoms. The molecule has 0 aliphatic rings. The van der Waals surface area contributed by atoms with Crippen LogP contribution >= 0.6 is 0 Å². The third-order valence-corrected chi connectivity index (χ3v) is 5.35. The second-order valence-corrected chi connectivity index (χ2v) is 9.25. The van der Waals surface area contributed by atoms with Gasteiger partial charge in [-0.15, -0.1) is 13.0 Å². The van der Waals surface area contributed by atoms with Crippen LogP contribution in [-0.4, -0.2) is 60.6 Å². The Hall–Kier alpha value is -3.80. The summed E-state index contributed by atoms with van der Waals surface area (Å²) in [6.07, 6.45) is 6.77. The number of alkyl carbamates (subject to hydrolysis) is 1. The van der Waals surface area contributed by atoms with E-state index < -0.39 is 41.6 Å². The van der Waals surface area contributed by atoms with Crippen LogP contribution in [0.5, 0.6) is 0 Å². The average Bonchev–Trinajstić information content (AvgIpc) is 2.83. The second-order valence-electron chi connectivity index (χ2n) is 9.25. The van der Waals surface area contributed by atoms with E-state index >= 15 is 0 Å². The van der Waals surface area contributed by atoms with E-state index in [1.54, 1.807) is 45.0 Å². The number of carbonyl (C=O) groups excluding carboxylic acids is 4. The molecular weight excluding hydrogens is 462 g/mol. The van der Waals surface area contributed by atoms with Crippen molar-refractivity contribution in [1.29, 1.82) is 0 Å². The number of nitrogens with zero attached hydrogens (tertiary/aromatic N) is 1. The Morgan fingerprint density at radius 1 is 1.19 bits per heavy atom. The molecule has 3 unspecified atom stereocenters. The minimum absolute atomic E-state index is 0.00499. The maximum atomic E-state index is 13.9. The lowest BCUT2D eigenvalue weighted by atomic mass is 9.95. The molecule has 9 nitrogen and oxygen atoms in total. The van der Waals surface area contributed by atoms with Crippen molar-refractivity contribution in [2.24, 2.45) is 5.92 Å². The van der Waals surface area contributed by atoms with Crippen LogP contribution in [0.25, 0.3) is 0 Å². The van der Waals surface area contributed by atoms with E-state index in [2.05, 4.69) is 27.9 Å². The number of amides is 3. The van der Waals surface area contributed by atoms with Gasteiger partial charge >= 0.3 is 12.1 Å². The second kappa shape index (κ2) is 13.9. The lowest BCUT2D eigenvalue weighted by Gasteiger charge is -2.35. The molecule has 0 aromatic heterocycles. The van der Waals surface area contributed by atoms with Gasteiger partial charge in [-0.05, 0) is 44.4 Å². The Labute approximate surface area is 213 Å². The quantitative estimate of drug-likeness (QED) is 0.275. The molecule has 0 fully saturated rings. The van der Waals surface area contributed by atoms with Gasteiger partial charge in [-0.3, -0.25) is 14.4 Å². The first-order valence-corrected chi connectivity index (χ1v) is 11.7. The predicted octanol–water partition coefficient (Wildman–Crippen LogP) is 2.95. The summed E-state index contributed by atoms with van der Waals surface area (Å²) in [6, 6.07) is 4.46. The number of benzene rings is 1. The predicted molar refractivity (Wildman–Crippen MR) is 137 cm³/mol. The van der Waals surface area contributed by atoms with E-state index in [-0.39, 0.29) is 19.0 Å². The molecule has 0 radical (unpaired) electrons. The lowest BCUT2D eigenvalue weighted by Crippen LogP contribution is -2.55. The first-order valence-electron chi connectivity index (χ1n) is 11.7. The number of methoxy groups -OCH3 is 1. The lowest BCUT2D eigenvalue weighted by molar-refractivity contribution is -0.144. The summed E-state index contributed by atoms with van der Waals surface area (Å²) < 4.78 is 9.96. The summed E-state index contributed by atoms with van der Waals surface area (Å²) in [5.74, 6) is 0.475. The molecule has 1 aromatic rings. The molecule has 0 bridgehead atoms. The van der Waals surface area contributed by atoms with Crippen LogP contribution in [0.1, 0.15) is 58.2 Å². The summed E-state index contributed by atoms with van der Waals surface area (Å²) >= 11 is 0. The van der Waals surface area contributed by atoms with Crippen molar-refractivity contribution in [3.05, 3.63) is 48.0 Å². The molecule has 0 spiro atoms. The van der Waals surface area contributed by atoms with E-state index in [0.29, 0.717) is 17.5 Å². The SMILES string of the molecule is C#Cc1ccc(C(C(=O)NCC(=O)OC)N(CC=C)C(=O)C(NC(=O)OC(C)(C)C)C(C)CC)cc1. The van der Waals surface area contributed by atoms with Crippen LogP contribution < -0.4 is 10.6 Å². The van der Waals surface area contributed by atoms with Gasteiger partial charge in [0.05, 0.1) is 7.11 Å². The number of rotatable bonds is 11. The summed E-state index contributed by atoms with van der Waals surface area (Å²) in [5.41, 5.74) is 0.299. The first-order chi connectivity index (χ1) is 16.9. The molecule has 36 heavy (non-hydrogen) atoms. The fourth-order valence-corrected chi connectivity index (χ4v) is 3.32. The number of nitrogens with one attached hydrogen (secondary N) is 2. The number of carbonyl (C=O) groups is 4. The molecular formula is C27H37N3O6. The van der Waals surface area contributed by atoms with Crippen molar-refractivity contribution in [1.82, 2.24) is 15.5 Å². The number of hydrogen-bond acceptors (Lipinski definition) is 6. The van der Waals surface area contributed by atoms with Gasteiger partial charge < -0.3 is 25.0 Å². The number of terminal acetylenes is 1. The third kappa shape index (κ3) is 9.10. The summed E-state index contributed by atoms with van der Waals surface area (Å²) in [4.78, 5) is 52.7. The van der Waals surface area contributed by atoms with Crippen molar-refractivity contribution in [3.63, 3.8) is 0 Å². The average molecular weight is 500 g/mol. The molecule has 196 valence electrons. The van der Waals surface area contributed by atoms with Gasteiger partial charge in [0.2, 0.25) is 11.8 Å². The highest BCUT2D eigenvalue weighted by atomic mass is 16.6. The molecule has 0 aliphatic heterocycles. The third-order valence-electron chi connectivity index (χ3n) is 5.35. The standard InChI is InChI=1S/C27H37N3O6/c1-9-16-30(25(33)22(18(4)10-2)29-26(34)36-27(5,6)7)23(24(32)28-17-21(31)35-8)20-14-12-19(11-3)13-15-20/h3,9,12-15,18,22-23H,1,10,16-17H2,2,4-8H3,(H,28,32)(H,29,34). The van der Waals surface area contributed by atoms with E-state index in [1.807, 2.05) is 13.8 Å². The van der Waals surface area contributed by atoms with Gasteiger partial charge in [-0.25, -0.2) is 4.79 Å². The van der Waals surface area contributed by atoms with Gasteiger partial charge in [-0.2, -0.15) is 0 Å². The summed E-state index contributed by atoms with van der Waals surface area (Å²) in [5, 5.41) is 5.18. The Morgan fingerprint density at radius 2 is 1.81 bits per heavy atom. The maximum absolute atomic E-state index is 13.9. The Bertz CT molecular complexity index is 975. The molecule has 0 saturated heterocycles. The highest BCUT2D eigenvalue weighted by Gasteiger charge is 2.37. The molecule has 1 aromatic carbocycles. The first kappa shape index (κ1) is 30.2. The largest absolute Gasteiger partial charge is 0.468 e. The highest BCUT2D eigenvalue weighted by Crippen LogP contribution is 2.25. The van der Waals surface area contributed by atoms with E-state index in [1.165, 1.54) is 18.1 Å². The van der Waals surface area contributed by atoms with Crippen LogP contribution in [0.3, 0.4) is 0 Å². The zero-order valence-corrected chi connectivity index (χ0v) is 21.9. The normalized spacial score (nSPS) is 13.2. The summed E-state index contributed by atoms with van der Waals surface area (Å²) in [7, 11) is 1.21. The molecule has 1 rings (SSSR count). The van der Waals surface area contributed by atoms with Crippen LogP contribution in [0.15, 0.2) is 36.9 Å². The zero-order chi connectivity index (χ0) is 27.5. The molecule has 0 saturated carbocycles. The monoisotopic (exact) mass is 499 g/mol. The van der Waals surface area contributed by atoms with Gasteiger partial charge in [-0.1, -0.05) is 44.4 Å². The van der Waals surface area contributed by atoms with E-state index in [4.69, 9.17) is 11.2 Å². The molecule has 2 N–H and O–H groups in total. The molecule has 3 atom stereocenters. The zero-order valence-electron chi connectivity index (χ0n) is 21.9. The Kier molecular flexibility index (Phi) is 11.7. The Balaban J connectivity index is 3.47. The minimum Gasteiger partial charge on any atom is -0.468 e. The van der Waals surface area contributed by atoms with Gasteiger partial charge in [0, 0.05) is 12.1 Å². The number of ether oxygens (including phenoxy) is 2. The maximum Gasteiger partial charge on any atom is 0.408 e. The van der Waals surface area contributed by atoms with Gasteiger partial charge in [0.25, 0.3) is 0 Å². The fourth-order valence-electron chi connectivity index (χ4n) is 3.32. The topological polar surface area (TPSA) is 114 Å². The highest BCUT2D eigenvalue weighted by molar-refractivity contribution is 5.93. The minimum atomic E-state index is -1.14. The summed E-state index contributed by atoms with van der Waals surface area (Å²) in [6.45, 7) is 12.2. The Morgan fingerprint density at radius 3 is 2.28 bits per heavy atom. The van der Waals surface area contributed by atoms with Crippen LogP contribution in [0.2, 0.25) is 0 Å². The van der Waals surface area contributed by atoms with Crippen molar-refractivity contribution in [3.8, 4) is 12.3 Å². The van der Waals surface area contributed by atoms with E-state index in [0.717, 1.165) is 0 Å². The van der Waals surface area contributed by atoms with Crippen LogP contribution in [0, 0.1) is 18.3 Å². The van der Waals surface area contributed by atoms with Gasteiger partial charge in [0.15, 0.2) is 0 Å². The van der Waals surface area contributed by atoms with Gasteiger partial charge in [0.1, 0.15) is 24.2 Å². The van der Waals surface area contributed by atoms with Crippen molar-refractivity contribution in [2.75, 3.05) is 20.2 Å². The smallest absolute Gasteiger partial charge is 0.408 e. The van der Waals surface area contributed by atoms with Crippen LogP contribution in [-0.2, 0) is 23.9 Å². The number of esters is 1. The van der Waals surface area contributed by atoms with Crippen molar-refractivity contribution >= 4 is 23.9 Å². The molecule has 3 amide bonds. The van der Waals surface area contributed by atoms with Crippen molar-refractivity contribution in [2.45, 2.75) is 58.7 Å². The molecule has 0 heterocycles. The molecule has 0 aliphatic carbocycles. The van der Waals surface area contributed by atoms with Crippen molar-refractivity contribution < 1.29 is 28.7 Å².